The Morgan fingerprint density at radius 1 is 1.64 bits per heavy atom. The predicted octanol–water partition coefficient (Wildman–Crippen LogP) is 0.198. The summed E-state index contributed by atoms with van der Waals surface area (Å²) >= 11 is 0. The molecule has 2 rings (SSSR count). The van der Waals surface area contributed by atoms with Gasteiger partial charge >= 0.3 is 6.01 Å². The Morgan fingerprint density at radius 2 is 2.36 bits per heavy atom. The lowest BCUT2D eigenvalue weighted by Gasteiger charge is -2.35. The minimum absolute atomic E-state index is 0.115. The maximum atomic E-state index is 11.6. The molecule has 6 heteroatoms. The van der Waals surface area contributed by atoms with Gasteiger partial charge < -0.3 is 10.3 Å². The lowest BCUT2D eigenvalue weighted by Crippen LogP contribution is -2.56. The number of carbonyl (C=O) groups excluding carboxylic acids is 1. The zero-order valence-electron chi connectivity index (χ0n) is 7.91. The summed E-state index contributed by atoms with van der Waals surface area (Å²) < 4.78 is 4.75. The summed E-state index contributed by atoms with van der Waals surface area (Å²) in [7, 11) is 0. The summed E-state index contributed by atoms with van der Waals surface area (Å²) in [6, 6.07) is 0.115. The fourth-order valence-electron chi connectivity index (χ4n) is 1.35. The average Bonchev–Trinajstić information content (AvgIpc) is 2.47. The van der Waals surface area contributed by atoms with Gasteiger partial charge in [-0.3, -0.25) is 10.1 Å². The number of aromatic nitrogens is 2. The number of nitrogens with two attached hydrogens (primary N) is 1. The van der Waals surface area contributed by atoms with Crippen LogP contribution in [0.2, 0.25) is 0 Å². The molecule has 1 aliphatic rings. The van der Waals surface area contributed by atoms with Crippen LogP contribution in [0.5, 0.6) is 0 Å². The van der Waals surface area contributed by atoms with Gasteiger partial charge in [-0.15, -0.1) is 0 Å². The fourth-order valence-corrected chi connectivity index (χ4v) is 1.35. The van der Waals surface area contributed by atoms with E-state index >= 15 is 0 Å². The van der Waals surface area contributed by atoms with Crippen LogP contribution in [-0.2, 0) is 4.79 Å². The van der Waals surface area contributed by atoms with Gasteiger partial charge in [0.05, 0.1) is 5.54 Å². The van der Waals surface area contributed by atoms with E-state index in [1.54, 1.807) is 6.92 Å². The van der Waals surface area contributed by atoms with Crippen molar-refractivity contribution in [2.45, 2.75) is 31.7 Å². The maximum absolute atomic E-state index is 11.6. The Morgan fingerprint density at radius 3 is 2.79 bits per heavy atom. The van der Waals surface area contributed by atoms with Crippen molar-refractivity contribution in [3.05, 3.63) is 5.82 Å². The second-order valence-electron chi connectivity index (χ2n) is 3.61. The fraction of sp³-hybridized carbons (Fsp3) is 0.625. The first-order chi connectivity index (χ1) is 6.60. The van der Waals surface area contributed by atoms with Gasteiger partial charge in [0.1, 0.15) is 0 Å². The highest BCUT2D eigenvalue weighted by Gasteiger charge is 2.40. The highest BCUT2D eigenvalue weighted by atomic mass is 16.5. The first-order valence-electron chi connectivity index (χ1n) is 4.51. The van der Waals surface area contributed by atoms with Gasteiger partial charge in [0.15, 0.2) is 5.82 Å². The van der Waals surface area contributed by atoms with Gasteiger partial charge in [-0.2, -0.15) is 4.98 Å². The van der Waals surface area contributed by atoms with Crippen LogP contribution in [0, 0.1) is 6.92 Å². The first-order valence-corrected chi connectivity index (χ1v) is 4.51. The Bertz CT molecular complexity index is 356. The Labute approximate surface area is 80.9 Å². The minimum Gasteiger partial charge on any atom is -0.317 e. The molecule has 1 aliphatic carbocycles. The molecule has 0 spiro atoms. The van der Waals surface area contributed by atoms with Crippen molar-refractivity contribution in [2.75, 3.05) is 5.32 Å². The van der Waals surface area contributed by atoms with Crippen molar-refractivity contribution in [1.29, 1.82) is 0 Å². The number of rotatable bonds is 2. The molecule has 0 unspecified atom stereocenters. The van der Waals surface area contributed by atoms with Gasteiger partial charge in [-0.25, -0.2) is 0 Å². The van der Waals surface area contributed by atoms with E-state index < -0.39 is 5.54 Å². The van der Waals surface area contributed by atoms with Gasteiger partial charge in [0.2, 0.25) is 5.91 Å². The lowest BCUT2D eigenvalue weighted by molar-refractivity contribution is -0.124. The van der Waals surface area contributed by atoms with Crippen molar-refractivity contribution in [3.8, 4) is 0 Å². The van der Waals surface area contributed by atoms with Crippen LogP contribution < -0.4 is 11.1 Å². The number of hydrogen-bond acceptors (Lipinski definition) is 5. The van der Waals surface area contributed by atoms with E-state index in [-0.39, 0.29) is 11.9 Å². The molecule has 0 aromatic carbocycles. The molecule has 14 heavy (non-hydrogen) atoms. The van der Waals surface area contributed by atoms with Crippen LogP contribution in [-0.4, -0.2) is 21.6 Å². The van der Waals surface area contributed by atoms with Gasteiger partial charge in [0, 0.05) is 0 Å². The molecule has 76 valence electrons. The van der Waals surface area contributed by atoms with E-state index in [0.717, 1.165) is 6.42 Å². The molecular weight excluding hydrogens is 184 g/mol. The maximum Gasteiger partial charge on any atom is 0.328 e. The second-order valence-corrected chi connectivity index (χ2v) is 3.61. The Kier molecular flexibility index (Phi) is 1.99. The number of amides is 1. The number of carbonyl (C=O) groups is 1. The highest BCUT2D eigenvalue weighted by Crippen LogP contribution is 2.29. The number of nitrogens with zero attached hydrogens (tertiary/aromatic N) is 2. The van der Waals surface area contributed by atoms with Crippen molar-refractivity contribution >= 4 is 11.9 Å². The molecule has 0 radical (unpaired) electrons. The molecule has 0 bridgehead atoms. The number of nitrogens with one attached hydrogen (secondary N) is 1. The standard InChI is InChI=1S/C8H12N4O2/c1-5-10-7(14-12-5)11-6(13)8(9)3-2-4-8/h2-4,9H2,1H3,(H,10,11,12,13). The first kappa shape index (κ1) is 9.14. The monoisotopic (exact) mass is 196 g/mol. The van der Waals surface area contributed by atoms with Crippen molar-refractivity contribution in [2.24, 2.45) is 5.73 Å². The largest absolute Gasteiger partial charge is 0.328 e. The van der Waals surface area contributed by atoms with Crippen LogP contribution >= 0.6 is 0 Å². The molecule has 0 aliphatic heterocycles. The summed E-state index contributed by atoms with van der Waals surface area (Å²) in [5.41, 5.74) is 5.07. The van der Waals surface area contributed by atoms with E-state index in [1.165, 1.54) is 0 Å². The predicted molar refractivity (Wildman–Crippen MR) is 48.4 cm³/mol. The summed E-state index contributed by atoms with van der Waals surface area (Å²) in [4.78, 5) is 15.4. The normalized spacial score (nSPS) is 18.7. The average molecular weight is 196 g/mol. The zero-order chi connectivity index (χ0) is 10.2. The zero-order valence-corrected chi connectivity index (χ0v) is 7.91. The SMILES string of the molecule is Cc1noc(NC(=O)C2(N)CCC2)n1. The summed E-state index contributed by atoms with van der Waals surface area (Å²) in [5, 5.41) is 6.05. The molecule has 1 aromatic rings. The van der Waals surface area contributed by atoms with E-state index in [1.807, 2.05) is 0 Å². The molecule has 3 N–H and O–H groups in total. The van der Waals surface area contributed by atoms with Gasteiger partial charge in [-0.1, -0.05) is 5.16 Å². The highest BCUT2D eigenvalue weighted by molar-refractivity contribution is 5.97. The van der Waals surface area contributed by atoms with Crippen LogP contribution in [0.4, 0.5) is 6.01 Å². The molecule has 1 saturated carbocycles. The summed E-state index contributed by atoms with van der Waals surface area (Å²) in [6.07, 6.45) is 2.42. The number of aryl methyl sites for hydroxylation is 1. The van der Waals surface area contributed by atoms with Gasteiger partial charge in [0.25, 0.3) is 0 Å². The Hall–Kier alpha value is -1.43. The van der Waals surface area contributed by atoms with E-state index in [4.69, 9.17) is 10.3 Å². The van der Waals surface area contributed by atoms with Crippen molar-refractivity contribution < 1.29 is 9.32 Å². The smallest absolute Gasteiger partial charge is 0.317 e. The molecular formula is C8H12N4O2. The van der Waals surface area contributed by atoms with Crippen molar-refractivity contribution in [1.82, 2.24) is 10.1 Å². The van der Waals surface area contributed by atoms with Crippen LogP contribution in [0.15, 0.2) is 4.52 Å². The third-order valence-corrected chi connectivity index (χ3v) is 2.45. The number of hydrogen-bond donors (Lipinski definition) is 2. The summed E-state index contributed by atoms with van der Waals surface area (Å²) in [5.74, 6) is 0.243. The topological polar surface area (TPSA) is 94.0 Å². The molecule has 0 atom stereocenters. The molecule has 1 aromatic heterocycles. The quantitative estimate of drug-likeness (QED) is 0.704. The van der Waals surface area contributed by atoms with Gasteiger partial charge in [-0.05, 0) is 26.2 Å². The molecule has 1 amide bonds. The second kappa shape index (κ2) is 3.06. The van der Waals surface area contributed by atoms with Crippen LogP contribution in [0.25, 0.3) is 0 Å². The molecule has 1 heterocycles. The van der Waals surface area contributed by atoms with Crippen LogP contribution in [0.3, 0.4) is 0 Å². The number of anilines is 1. The third-order valence-electron chi connectivity index (χ3n) is 2.45. The van der Waals surface area contributed by atoms with E-state index in [0.29, 0.717) is 18.7 Å². The lowest BCUT2D eigenvalue weighted by atomic mass is 9.77. The third kappa shape index (κ3) is 1.48. The minimum atomic E-state index is -0.734. The van der Waals surface area contributed by atoms with E-state index in [9.17, 15) is 4.79 Å². The molecule has 1 fully saturated rings. The van der Waals surface area contributed by atoms with Crippen LogP contribution in [0.1, 0.15) is 25.1 Å². The Balaban J connectivity index is 2.01. The van der Waals surface area contributed by atoms with Crippen molar-refractivity contribution in [3.63, 3.8) is 0 Å². The molecule has 6 nitrogen and oxygen atoms in total. The summed E-state index contributed by atoms with van der Waals surface area (Å²) in [6.45, 7) is 1.68. The van der Waals surface area contributed by atoms with E-state index in [2.05, 4.69) is 15.5 Å². The molecule has 0 saturated heterocycles.